The number of nitrogens with zero attached hydrogens (tertiary/aromatic N) is 3. The van der Waals surface area contributed by atoms with Gasteiger partial charge in [-0.2, -0.15) is 0 Å². The molecule has 0 atom stereocenters. The third-order valence-electron chi connectivity index (χ3n) is 5.80. The summed E-state index contributed by atoms with van der Waals surface area (Å²) in [6.07, 6.45) is 11.0. The van der Waals surface area contributed by atoms with Crippen molar-refractivity contribution < 1.29 is 18.4 Å². The molecule has 0 radical (unpaired) electrons. The Kier molecular flexibility index (Phi) is 6.72. The van der Waals surface area contributed by atoms with E-state index in [4.69, 9.17) is 0 Å². The lowest BCUT2D eigenvalue weighted by molar-refractivity contribution is -0.110. The number of halogens is 2. The monoisotopic (exact) mass is 514 g/mol. The highest BCUT2D eigenvalue weighted by molar-refractivity contribution is 6.34. The molecule has 11 heteroatoms. The molecule has 0 aliphatic carbocycles. The lowest BCUT2D eigenvalue weighted by Gasteiger charge is -2.08. The molecule has 1 aliphatic heterocycles. The van der Waals surface area contributed by atoms with Crippen molar-refractivity contribution in [1.29, 1.82) is 0 Å². The van der Waals surface area contributed by atoms with Crippen molar-refractivity contribution in [3.63, 3.8) is 0 Å². The van der Waals surface area contributed by atoms with Gasteiger partial charge in [0.25, 0.3) is 17.4 Å². The molecule has 2 aromatic heterocycles. The minimum Gasteiger partial charge on any atom is -0.347 e. The van der Waals surface area contributed by atoms with Gasteiger partial charge >= 0.3 is 0 Å². The van der Waals surface area contributed by atoms with Gasteiger partial charge in [0, 0.05) is 30.2 Å². The smallest absolute Gasteiger partial charge is 0.282 e. The molecule has 3 N–H and O–H groups in total. The van der Waals surface area contributed by atoms with Crippen LogP contribution >= 0.6 is 0 Å². The van der Waals surface area contributed by atoms with E-state index in [1.54, 1.807) is 24.4 Å². The molecule has 0 spiro atoms. The fourth-order valence-corrected chi connectivity index (χ4v) is 3.95. The second kappa shape index (κ2) is 10.4. The molecule has 38 heavy (non-hydrogen) atoms. The summed E-state index contributed by atoms with van der Waals surface area (Å²) >= 11 is 0. The van der Waals surface area contributed by atoms with Gasteiger partial charge in [-0.3, -0.25) is 14.4 Å². The van der Waals surface area contributed by atoms with Gasteiger partial charge in [-0.1, -0.05) is 30.4 Å². The maximum Gasteiger partial charge on any atom is 0.282 e. The van der Waals surface area contributed by atoms with Crippen LogP contribution in [0.15, 0.2) is 72.2 Å². The van der Waals surface area contributed by atoms with Gasteiger partial charge in [0.1, 0.15) is 0 Å². The summed E-state index contributed by atoms with van der Waals surface area (Å²) in [6, 6.07) is 8.81. The maximum atomic E-state index is 13.5. The molecule has 0 saturated heterocycles. The Bertz CT molecular complexity index is 1660. The van der Waals surface area contributed by atoms with Crippen molar-refractivity contribution in [2.75, 3.05) is 11.9 Å². The first-order valence-corrected chi connectivity index (χ1v) is 11.5. The first-order chi connectivity index (χ1) is 18.4. The van der Waals surface area contributed by atoms with Crippen molar-refractivity contribution in [3.05, 3.63) is 117 Å². The van der Waals surface area contributed by atoms with Crippen LogP contribution in [0.2, 0.25) is 0 Å². The fourth-order valence-electron chi connectivity index (χ4n) is 3.95. The quantitative estimate of drug-likeness (QED) is 0.327. The van der Waals surface area contributed by atoms with Gasteiger partial charge in [0.15, 0.2) is 17.3 Å². The van der Waals surface area contributed by atoms with E-state index >= 15 is 0 Å². The number of rotatable bonds is 7. The number of imidazole rings is 1. The number of aromatic nitrogens is 4. The molecular formula is C27H20F2N6O3. The SMILES string of the molecule is O=C1Nc2cc(/C=C/CNC(=O)c3nccn(Cc4ccc(F)c(F)c4)c3=O)ccc2/C1=C\c1cnc[nH]1. The van der Waals surface area contributed by atoms with Gasteiger partial charge in [0.05, 0.1) is 30.3 Å². The summed E-state index contributed by atoms with van der Waals surface area (Å²) in [7, 11) is 0. The summed E-state index contributed by atoms with van der Waals surface area (Å²) < 4.78 is 27.8. The van der Waals surface area contributed by atoms with Crippen LogP contribution in [0, 0.1) is 11.6 Å². The Labute approximate surface area is 214 Å². The van der Waals surface area contributed by atoms with E-state index in [9.17, 15) is 23.2 Å². The van der Waals surface area contributed by atoms with Crippen LogP contribution in [0.25, 0.3) is 17.7 Å². The Balaban J connectivity index is 1.22. The number of anilines is 1. The third kappa shape index (κ3) is 5.16. The molecule has 1 aliphatic rings. The second-order valence-corrected chi connectivity index (χ2v) is 8.39. The zero-order chi connectivity index (χ0) is 26.6. The number of nitrogens with one attached hydrogen (secondary N) is 3. The molecule has 3 heterocycles. The first-order valence-electron chi connectivity index (χ1n) is 11.5. The standard InChI is InChI=1S/C27H20F2N6O3/c28-21-6-4-17(10-22(21)29)14-35-9-8-31-24(27(35)38)26(37)32-7-1-2-16-3-5-19-20(12-18-13-30-15-33-18)25(36)34-23(19)11-16/h1-6,8-13,15H,7,14H2,(H,30,33)(H,32,37)(H,34,36)/b2-1+,20-12+. The number of amides is 2. The Morgan fingerprint density at radius 3 is 2.76 bits per heavy atom. The molecule has 190 valence electrons. The predicted molar refractivity (Wildman–Crippen MR) is 137 cm³/mol. The molecule has 5 rings (SSSR count). The van der Waals surface area contributed by atoms with E-state index in [1.165, 1.54) is 29.4 Å². The maximum absolute atomic E-state index is 13.5. The lowest BCUT2D eigenvalue weighted by atomic mass is 10.0. The summed E-state index contributed by atoms with van der Waals surface area (Å²) in [5, 5.41) is 5.44. The van der Waals surface area contributed by atoms with E-state index in [-0.39, 0.29) is 24.7 Å². The number of carbonyl (C=O) groups is 2. The number of benzene rings is 2. The van der Waals surface area contributed by atoms with Gasteiger partial charge in [0.2, 0.25) is 0 Å². The predicted octanol–water partition coefficient (Wildman–Crippen LogP) is 3.23. The highest BCUT2D eigenvalue weighted by Crippen LogP contribution is 2.33. The number of hydrogen-bond donors (Lipinski definition) is 3. The third-order valence-corrected chi connectivity index (χ3v) is 5.80. The van der Waals surface area contributed by atoms with Crippen molar-refractivity contribution in [2.45, 2.75) is 6.54 Å². The summed E-state index contributed by atoms with van der Waals surface area (Å²) in [4.78, 5) is 48.4. The number of H-pyrrole nitrogens is 1. The zero-order valence-corrected chi connectivity index (χ0v) is 19.7. The molecule has 0 unspecified atom stereocenters. The number of aromatic amines is 1. The largest absolute Gasteiger partial charge is 0.347 e. The van der Waals surface area contributed by atoms with Gasteiger partial charge in [-0.25, -0.2) is 18.7 Å². The molecule has 2 amide bonds. The highest BCUT2D eigenvalue weighted by Gasteiger charge is 2.24. The van der Waals surface area contributed by atoms with Crippen molar-refractivity contribution >= 4 is 35.2 Å². The Morgan fingerprint density at radius 2 is 1.97 bits per heavy atom. The summed E-state index contributed by atoms with van der Waals surface area (Å²) in [5.74, 6) is -2.89. The first kappa shape index (κ1) is 24.5. The molecule has 4 aromatic rings. The van der Waals surface area contributed by atoms with Crippen LogP contribution in [0.3, 0.4) is 0 Å². The molecule has 0 saturated carbocycles. The topological polar surface area (TPSA) is 122 Å². The number of fused-ring (bicyclic) bond motifs is 1. The number of hydrogen-bond acceptors (Lipinski definition) is 5. The van der Waals surface area contributed by atoms with E-state index in [0.29, 0.717) is 22.5 Å². The van der Waals surface area contributed by atoms with Crippen LogP contribution in [-0.2, 0) is 11.3 Å². The molecular weight excluding hydrogens is 494 g/mol. The van der Waals surface area contributed by atoms with Crippen molar-refractivity contribution in [3.8, 4) is 0 Å². The fraction of sp³-hybridized carbons (Fsp3) is 0.0741. The van der Waals surface area contributed by atoms with Crippen molar-refractivity contribution in [1.82, 2.24) is 24.8 Å². The Hall–Kier alpha value is -5.19. The van der Waals surface area contributed by atoms with E-state index in [1.807, 2.05) is 18.2 Å². The summed E-state index contributed by atoms with van der Waals surface area (Å²) in [6.45, 7) is 0.0683. The van der Waals surface area contributed by atoms with Crippen molar-refractivity contribution in [2.24, 2.45) is 0 Å². The zero-order valence-electron chi connectivity index (χ0n) is 19.7. The van der Waals surface area contributed by atoms with E-state index < -0.39 is 23.1 Å². The minimum absolute atomic E-state index is 0.0492. The van der Waals surface area contributed by atoms with Gasteiger partial charge in [-0.15, -0.1) is 0 Å². The number of carbonyl (C=O) groups excluding carboxylic acids is 2. The van der Waals surface area contributed by atoms with Crippen LogP contribution in [0.5, 0.6) is 0 Å². The van der Waals surface area contributed by atoms with Gasteiger partial charge < -0.3 is 20.2 Å². The van der Waals surface area contributed by atoms with Crippen LogP contribution in [0.1, 0.15) is 32.9 Å². The average Bonchev–Trinajstić information content (AvgIpc) is 3.53. The van der Waals surface area contributed by atoms with Crippen LogP contribution in [0.4, 0.5) is 14.5 Å². The highest BCUT2D eigenvalue weighted by atomic mass is 19.2. The van der Waals surface area contributed by atoms with E-state index in [0.717, 1.165) is 23.3 Å². The molecule has 2 aromatic carbocycles. The molecule has 0 fully saturated rings. The lowest BCUT2D eigenvalue weighted by Crippen LogP contribution is -2.34. The Morgan fingerprint density at radius 1 is 1.11 bits per heavy atom. The minimum atomic E-state index is -1.02. The van der Waals surface area contributed by atoms with E-state index in [2.05, 4.69) is 25.6 Å². The average molecular weight is 514 g/mol. The second-order valence-electron chi connectivity index (χ2n) is 8.39. The van der Waals surface area contributed by atoms with Crippen LogP contribution in [-0.4, -0.2) is 37.9 Å². The molecule has 9 nitrogen and oxygen atoms in total. The van der Waals surface area contributed by atoms with Gasteiger partial charge in [-0.05, 0) is 35.4 Å². The van der Waals surface area contributed by atoms with Crippen LogP contribution < -0.4 is 16.2 Å². The summed E-state index contributed by atoms with van der Waals surface area (Å²) in [5.41, 5.74) is 2.86. The molecule has 0 bridgehead atoms. The normalized spacial score (nSPS) is 13.6.